The van der Waals surface area contributed by atoms with E-state index in [1.807, 2.05) is 0 Å². The Hall–Kier alpha value is -2.35. The van der Waals surface area contributed by atoms with Crippen LogP contribution in [0, 0.1) is 0 Å². The number of carboxylic acids is 1. The molecular formula is C12H16N5O9P. The molecule has 0 radical (unpaired) electrons. The van der Waals surface area contributed by atoms with Gasteiger partial charge in [-0.05, 0) is 0 Å². The maximum absolute atomic E-state index is 11.8. The van der Waals surface area contributed by atoms with Gasteiger partial charge in [0.1, 0.15) is 24.5 Å². The van der Waals surface area contributed by atoms with Crippen LogP contribution in [0.1, 0.15) is 6.23 Å². The van der Waals surface area contributed by atoms with Gasteiger partial charge in [-0.25, -0.2) is 4.98 Å². The summed E-state index contributed by atoms with van der Waals surface area (Å²) in [6, 6.07) is 0. The van der Waals surface area contributed by atoms with Gasteiger partial charge in [0.2, 0.25) is 5.95 Å². The van der Waals surface area contributed by atoms with E-state index < -0.39 is 56.4 Å². The third-order valence-corrected chi connectivity index (χ3v) is 5.06. The molecule has 3 rings (SSSR count). The van der Waals surface area contributed by atoms with Crippen LogP contribution in [-0.2, 0) is 18.6 Å². The van der Waals surface area contributed by atoms with Crippen molar-refractivity contribution in [2.45, 2.75) is 24.5 Å². The number of nitrogen functional groups attached to an aromatic ring is 1. The lowest BCUT2D eigenvalue weighted by Gasteiger charge is -2.17. The molecule has 0 amide bonds. The van der Waals surface area contributed by atoms with Crippen molar-refractivity contribution in [1.29, 1.82) is 0 Å². The van der Waals surface area contributed by atoms with Crippen LogP contribution in [-0.4, -0.2) is 76.8 Å². The van der Waals surface area contributed by atoms with Crippen molar-refractivity contribution in [3.63, 3.8) is 0 Å². The predicted molar refractivity (Wildman–Crippen MR) is 86.8 cm³/mol. The van der Waals surface area contributed by atoms with Crippen LogP contribution in [0.3, 0.4) is 0 Å². The molecule has 1 aliphatic heterocycles. The summed E-state index contributed by atoms with van der Waals surface area (Å²) in [4.78, 5) is 41.8. The molecule has 0 spiro atoms. The second-order valence-electron chi connectivity index (χ2n) is 5.81. The highest BCUT2D eigenvalue weighted by molar-refractivity contribution is 7.53. The van der Waals surface area contributed by atoms with E-state index in [0.717, 1.165) is 6.33 Å². The average Bonchev–Trinajstić information content (AvgIpc) is 3.07. The van der Waals surface area contributed by atoms with Crippen molar-refractivity contribution in [2.24, 2.45) is 0 Å². The molecule has 5 atom stereocenters. The van der Waals surface area contributed by atoms with Crippen LogP contribution in [0.5, 0.6) is 0 Å². The number of aromatic amines is 1. The number of carbonyl (C=O) groups is 1. The highest BCUT2D eigenvalue weighted by Gasteiger charge is 2.45. The Kier molecular flexibility index (Phi) is 5.03. The number of aliphatic hydroxyl groups is 2. The second kappa shape index (κ2) is 6.99. The number of aliphatic hydroxyl groups excluding tert-OH is 2. The molecule has 15 heteroatoms. The van der Waals surface area contributed by atoms with Gasteiger partial charge in [0.25, 0.3) is 5.56 Å². The molecular weight excluding hydrogens is 389 g/mol. The van der Waals surface area contributed by atoms with E-state index >= 15 is 0 Å². The minimum atomic E-state index is -4.45. The van der Waals surface area contributed by atoms with Gasteiger partial charge in [-0.3, -0.25) is 23.7 Å². The Morgan fingerprint density at radius 2 is 2.15 bits per heavy atom. The van der Waals surface area contributed by atoms with E-state index in [0.29, 0.717) is 0 Å². The molecule has 2 aromatic rings. The SMILES string of the molecule is Nc1nc2c(ncn2C2O[C@H](COP(=O)(O)CC(=O)O)[C@@H](O)[C@H]2O)c(=O)[nH]1. The number of ether oxygens (including phenoxy) is 1. The Bertz CT molecular complexity index is 974. The van der Waals surface area contributed by atoms with Gasteiger partial charge in [-0.2, -0.15) is 4.98 Å². The molecule has 7 N–H and O–H groups in total. The summed E-state index contributed by atoms with van der Waals surface area (Å²) < 4.78 is 22.9. The lowest BCUT2D eigenvalue weighted by Crippen LogP contribution is -2.33. The Morgan fingerprint density at radius 3 is 2.81 bits per heavy atom. The summed E-state index contributed by atoms with van der Waals surface area (Å²) in [5.41, 5.74) is 4.80. The number of fused-ring (bicyclic) bond motifs is 1. The third kappa shape index (κ3) is 3.85. The maximum atomic E-state index is 11.8. The first-order valence-corrected chi connectivity index (χ1v) is 9.27. The number of imidazole rings is 1. The topological polar surface area (TPSA) is 223 Å². The largest absolute Gasteiger partial charge is 0.481 e. The highest BCUT2D eigenvalue weighted by atomic mass is 31.2. The normalized spacial score (nSPS) is 27.7. The minimum Gasteiger partial charge on any atom is -0.481 e. The van der Waals surface area contributed by atoms with Gasteiger partial charge in [-0.15, -0.1) is 0 Å². The van der Waals surface area contributed by atoms with E-state index in [4.69, 9.17) is 15.6 Å². The zero-order chi connectivity index (χ0) is 19.9. The van der Waals surface area contributed by atoms with Gasteiger partial charge in [0.05, 0.1) is 12.9 Å². The van der Waals surface area contributed by atoms with E-state index in [2.05, 4.69) is 19.5 Å². The fourth-order valence-corrected chi connectivity index (χ4v) is 3.45. The molecule has 2 aromatic heterocycles. The highest BCUT2D eigenvalue weighted by Crippen LogP contribution is 2.42. The number of nitrogens with two attached hydrogens (primary N) is 1. The van der Waals surface area contributed by atoms with E-state index in [1.165, 1.54) is 4.57 Å². The summed E-state index contributed by atoms with van der Waals surface area (Å²) in [6.07, 6.45) is -5.52. The molecule has 2 unspecified atom stereocenters. The second-order valence-corrected chi connectivity index (χ2v) is 7.66. The number of hydrogen-bond donors (Lipinski definition) is 6. The van der Waals surface area contributed by atoms with Crippen molar-refractivity contribution in [1.82, 2.24) is 19.5 Å². The molecule has 1 fully saturated rings. The van der Waals surface area contributed by atoms with Crippen molar-refractivity contribution >= 4 is 30.7 Å². The Morgan fingerprint density at radius 1 is 1.44 bits per heavy atom. The first-order chi connectivity index (χ1) is 12.6. The number of anilines is 1. The van der Waals surface area contributed by atoms with Gasteiger partial charge < -0.3 is 35.2 Å². The van der Waals surface area contributed by atoms with E-state index in [1.54, 1.807) is 0 Å². The van der Waals surface area contributed by atoms with Gasteiger partial charge >= 0.3 is 13.6 Å². The first-order valence-electron chi connectivity index (χ1n) is 7.51. The number of nitrogens with one attached hydrogen (secondary N) is 1. The molecule has 27 heavy (non-hydrogen) atoms. The fourth-order valence-electron chi connectivity index (χ4n) is 2.63. The molecule has 14 nitrogen and oxygen atoms in total. The molecule has 0 bridgehead atoms. The summed E-state index contributed by atoms with van der Waals surface area (Å²) in [6.45, 7) is -0.654. The molecule has 0 aliphatic carbocycles. The molecule has 3 heterocycles. The van der Waals surface area contributed by atoms with Crippen LogP contribution in [0.25, 0.3) is 11.2 Å². The van der Waals surface area contributed by atoms with E-state index in [-0.39, 0.29) is 17.1 Å². The van der Waals surface area contributed by atoms with Crippen LogP contribution in [0.4, 0.5) is 5.95 Å². The molecule has 148 valence electrons. The summed E-state index contributed by atoms with van der Waals surface area (Å²) >= 11 is 0. The quantitative estimate of drug-likeness (QED) is 0.277. The lowest BCUT2D eigenvalue weighted by atomic mass is 10.1. The number of carboxylic acid groups (broad SMARTS) is 1. The predicted octanol–water partition coefficient (Wildman–Crippen LogP) is -2.39. The lowest BCUT2D eigenvalue weighted by molar-refractivity contribution is -0.134. The molecule has 1 saturated heterocycles. The standard InChI is InChI=1S/C12H16N5O9P/c13-12-15-9-6(10(22)16-12)14-3-17(9)11-8(21)7(20)4(26-11)1-25-27(23,24)2-5(18)19/h3-4,7-8,11,20-21H,1-2H2,(H,18,19)(H,23,24)(H3,13,15,16,22)/t4-,7-,8-,11?/m1/s1. The fraction of sp³-hybridized carbons (Fsp3) is 0.500. The maximum Gasteiger partial charge on any atom is 0.339 e. The molecule has 1 aliphatic rings. The van der Waals surface area contributed by atoms with Gasteiger partial charge in [0.15, 0.2) is 17.4 Å². The van der Waals surface area contributed by atoms with Crippen molar-refractivity contribution in [3.8, 4) is 0 Å². The Labute approximate surface area is 149 Å². The third-order valence-electron chi connectivity index (χ3n) is 3.84. The minimum absolute atomic E-state index is 0.00669. The summed E-state index contributed by atoms with van der Waals surface area (Å²) in [5, 5.41) is 28.9. The average molecular weight is 405 g/mol. The first kappa shape index (κ1) is 19.4. The van der Waals surface area contributed by atoms with Crippen LogP contribution < -0.4 is 11.3 Å². The van der Waals surface area contributed by atoms with Crippen LogP contribution in [0.2, 0.25) is 0 Å². The number of aliphatic carboxylic acids is 1. The summed E-state index contributed by atoms with van der Waals surface area (Å²) in [5.74, 6) is -1.73. The van der Waals surface area contributed by atoms with Crippen molar-refractivity contribution < 1.29 is 38.8 Å². The Balaban J connectivity index is 1.80. The van der Waals surface area contributed by atoms with Gasteiger partial charge in [0, 0.05) is 0 Å². The molecule has 0 saturated carbocycles. The van der Waals surface area contributed by atoms with Crippen LogP contribution in [0.15, 0.2) is 11.1 Å². The smallest absolute Gasteiger partial charge is 0.339 e. The van der Waals surface area contributed by atoms with Crippen LogP contribution >= 0.6 is 7.60 Å². The monoisotopic (exact) mass is 405 g/mol. The van der Waals surface area contributed by atoms with Crippen molar-refractivity contribution in [2.75, 3.05) is 18.5 Å². The van der Waals surface area contributed by atoms with E-state index in [9.17, 15) is 29.3 Å². The van der Waals surface area contributed by atoms with Crippen molar-refractivity contribution in [3.05, 3.63) is 16.7 Å². The van der Waals surface area contributed by atoms with Gasteiger partial charge in [-0.1, -0.05) is 0 Å². The summed E-state index contributed by atoms with van der Waals surface area (Å²) in [7, 11) is -4.45. The zero-order valence-electron chi connectivity index (χ0n) is 13.5. The number of rotatable bonds is 6. The zero-order valence-corrected chi connectivity index (χ0v) is 14.4. The number of nitrogens with zero attached hydrogens (tertiary/aromatic N) is 3. The molecule has 0 aromatic carbocycles. The number of hydrogen-bond acceptors (Lipinski definition) is 10. The number of aromatic nitrogens is 4. The number of H-pyrrole nitrogens is 1.